The van der Waals surface area contributed by atoms with Gasteiger partial charge in [-0.05, 0) is 23.8 Å². The lowest BCUT2D eigenvalue weighted by molar-refractivity contribution is 0.306. The molecular weight excluding hydrogens is 172 g/mol. The molecular formula is C13H12O+. The van der Waals surface area contributed by atoms with E-state index in [0.717, 1.165) is 11.3 Å². The minimum absolute atomic E-state index is 0. The van der Waals surface area contributed by atoms with E-state index in [2.05, 4.69) is 6.07 Å². The molecule has 0 aliphatic rings. The van der Waals surface area contributed by atoms with E-state index in [-0.39, 0.29) is 1.43 Å². The number of hydrogen-bond acceptors (Lipinski definition) is 1. The fraction of sp³-hybridized carbons (Fsp3) is 0.0769. The summed E-state index contributed by atoms with van der Waals surface area (Å²) in [5, 5.41) is 0. The lowest BCUT2D eigenvalue weighted by atomic mass is 10.2. The normalized spacial score (nSPS) is 9.71. The Morgan fingerprint density at radius 1 is 1.00 bits per heavy atom. The highest BCUT2D eigenvalue weighted by atomic mass is 16.5. The van der Waals surface area contributed by atoms with Crippen molar-refractivity contribution in [2.75, 3.05) is 0 Å². The standard InChI is InChI=1S/C13H11O/c1-3-7-12(8-4-1)11-14-13-9-5-2-6-10-13/h2-10H,11H2/p+1. The molecule has 2 aromatic carbocycles. The van der Waals surface area contributed by atoms with Crippen molar-refractivity contribution in [1.82, 2.24) is 0 Å². The smallest absolute Gasteiger partial charge is 0.489 e. The molecule has 0 saturated carbocycles. The summed E-state index contributed by atoms with van der Waals surface area (Å²) in [6, 6.07) is 20.6. The Labute approximate surface area is 85.5 Å². The SMILES string of the molecule is [H+].[c]1ccc(COc2ccccc2)cc1. The molecule has 0 amide bonds. The highest BCUT2D eigenvalue weighted by molar-refractivity contribution is 5.22. The zero-order valence-electron chi connectivity index (χ0n) is 8.81. The van der Waals surface area contributed by atoms with Gasteiger partial charge in [0.2, 0.25) is 0 Å². The summed E-state index contributed by atoms with van der Waals surface area (Å²) >= 11 is 0. The van der Waals surface area contributed by atoms with E-state index < -0.39 is 0 Å². The summed E-state index contributed by atoms with van der Waals surface area (Å²) in [5.74, 6) is 0.903. The molecule has 0 aliphatic heterocycles. The van der Waals surface area contributed by atoms with Crippen LogP contribution in [0, 0.1) is 6.07 Å². The van der Waals surface area contributed by atoms with Gasteiger partial charge in [-0.3, -0.25) is 0 Å². The number of rotatable bonds is 3. The summed E-state index contributed by atoms with van der Waals surface area (Å²) < 4.78 is 5.58. The zero-order valence-corrected chi connectivity index (χ0v) is 7.81. The van der Waals surface area contributed by atoms with Crippen LogP contribution < -0.4 is 4.74 Å². The molecule has 2 rings (SSSR count). The van der Waals surface area contributed by atoms with E-state index >= 15 is 0 Å². The Kier molecular flexibility index (Phi) is 2.82. The van der Waals surface area contributed by atoms with Crippen LogP contribution in [-0.4, -0.2) is 0 Å². The first-order chi connectivity index (χ1) is 6.95. The van der Waals surface area contributed by atoms with Gasteiger partial charge in [-0.25, -0.2) is 0 Å². The molecule has 1 radical (unpaired) electrons. The lowest BCUT2D eigenvalue weighted by Gasteiger charge is -2.04. The van der Waals surface area contributed by atoms with Gasteiger partial charge in [0.1, 0.15) is 12.4 Å². The fourth-order valence-corrected chi connectivity index (χ4v) is 1.20. The maximum Gasteiger partial charge on any atom is 1.00 e. The van der Waals surface area contributed by atoms with Crippen LogP contribution in [0.15, 0.2) is 54.6 Å². The van der Waals surface area contributed by atoms with Crippen molar-refractivity contribution in [2.24, 2.45) is 0 Å². The van der Waals surface area contributed by atoms with E-state index in [0.29, 0.717) is 6.61 Å². The second-order valence-corrected chi connectivity index (χ2v) is 3.01. The maximum atomic E-state index is 5.58. The molecule has 0 spiro atoms. The molecule has 0 unspecified atom stereocenters. The van der Waals surface area contributed by atoms with E-state index in [1.807, 2.05) is 54.6 Å². The van der Waals surface area contributed by atoms with Gasteiger partial charge in [0.15, 0.2) is 0 Å². The molecule has 0 heterocycles. The van der Waals surface area contributed by atoms with Crippen LogP contribution in [0.1, 0.15) is 6.99 Å². The summed E-state index contributed by atoms with van der Waals surface area (Å²) in [4.78, 5) is 0. The van der Waals surface area contributed by atoms with Gasteiger partial charge < -0.3 is 4.74 Å². The third-order valence-electron chi connectivity index (χ3n) is 1.94. The minimum atomic E-state index is 0. The Bertz CT molecular complexity index is 333. The van der Waals surface area contributed by atoms with Crippen molar-refractivity contribution in [2.45, 2.75) is 6.61 Å². The predicted octanol–water partition coefficient (Wildman–Crippen LogP) is 3.18. The van der Waals surface area contributed by atoms with Crippen molar-refractivity contribution >= 4 is 0 Å². The van der Waals surface area contributed by atoms with Crippen molar-refractivity contribution in [3.05, 3.63) is 66.2 Å². The Hall–Kier alpha value is -1.76. The molecule has 2 aromatic rings. The van der Waals surface area contributed by atoms with Gasteiger partial charge in [0, 0.05) is 0 Å². The van der Waals surface area contributed by atoms with E-state index in [1.165, 1.54) is 0 Å². The highest BCUT2D eigenvalue weighted by Crippen LogP contribution is 2.10. The average Bonchev–Trinajstić information content (AvgIpc) is 2.29. The maximum absolute atomic E-state index is 5.58. The van der Waals surface area contributed by atoms with Crippen LogP contribution in [0.4, 0.5) is 0 Å². The average molecular weight is 184 g/mol. The summed E-state index contributed by atoms with van der Waals surface area (Å²) in [6.45, 7) is 0.610. The van der Waals surface area contributed by atoms with E-state index in [1.54, 1.807) is 0 Å². The first-order valence-electron chi connectivity index (χ1n) is 4.58. The number of hydrogen-bond donors (Lipinski definition) is 0. The first-order valence-corrected chi connectivity index (χ1v) is 4.58. The van der Waals surface area contributed by atoms with Crippen molar-refractivity contribution in [1.29, 1.82) is 0 Å². The van der Waals surface area contributed by atoms with Gasteiger partial charge in [-0.15, -0.1) is 0 Å². The van der Waals surface area contributed by atoms with E-state index in [4.69, 9.17) is 4.74 Å². The second kappa shape index (κ2) is 4.47. The van der Waals surface area contributed by atoms with Gasteiger partial charge in [-0.2, -0.15) is 0 Å². The van der Waals surface area contributed by atoms with Gasteiger partial charge in [0.05, 0.1) is 0 Å². The molecule has 0 atom stereocenters. The third-order valence-corrected chi connectivity index (χ3v) is 1.94. The second-order valence-electron chi connectivity index (χ2n) is 3.01. The Morgan fingerprint density at radius 2 is 1.71 bits per heavy atom. The Morgan fingerprint density at radius 3 is 2.43 bits per heavy atom. The molecule has 0 aromatic heterocycles. The lowest BCUT2D eigenvalue weighted by Crippen LogP contribution is -1.94. The molecule has 1 nitrogen and oxygen atoms in total. The zero-order chi connectivity index (χ0) is 9.64. The van der Waals surface area contributed by atoms with Crippen molar-refractivity contribution in [3.8, 4) is 5.75 Å². The van der Waals surface area contributed by atoms with Gasteiger partial charge in [-0.1, -0.05) is 42.5 Å². The monoisotopic (exact) mass is 184 g/mol. The van der Waals surface area contributed by atoms with Crippen LogP contribution in [0.5, 0.6) is 5.75 Å². The molecule has 69 valence electrons. The minimum Gasteiger partial charge on any atom is -0.489 e. The third kappa shape index (κ3) is 2.36. The molecule has 1 heteroatoms. The van der Waals surface area contributed by atoms with Crippen molar-refractivity contribution in [3.63, 3.8) is 0 Å². The molecule has 0 bridgehead atoms. The summed E-state index contributed by atoms with van der Waals surface area (Å²) in [6.07, 6.45) is 0. The predicted molar refractivity (Wildman–Crippen MR) is 57.2 cm³/mol. The van der Waals surface area contributed by atoms with E-state index in [9.17, 15) is 0 Å². The Balaban J connectivity index is 0.00000112. The van der Waals surface area contributed by atoms with Crippen LogP contribution in [0.2, 0.25) is 0 Å². The summed E-state index contributed by atoms with van der Waals surface area (Å²) in [7, 11) is 0. The molecule has 0 fully saturated rings. The molecule has 14 heavy (non-hydrogen) atoms. The highest BCUT2D eigenvalue weighted by Gasteiger charge is 1.92. The van der Waals surface area contributed by atoms with Crippen molar-refractivity contribution < 1.29 is 6.16 Å². The van der Waals surface area contributed by atoms with Crippen LogP contribution in [0.25, 0.3) is 0 Å². The molecule has 0 aliphatic carbocycles. The topological polar surface area (TPSA) is 9.23 Å². The quantitative estimate of drug-likeness (QED) is 0.711. The van der Waals surface area contributed by atoms with Gasteiger partial charge in [0.25, 0.3) is 0 Å². The summed E-state index contributed by atoms with van der Waals surface area (Å²) in [5.41, 5.74) is 1.16. The number of para-hydroxylation sites is 1. The largest absolute Gasteiger partial charge is 1.00 e. The first kappa shape index (κ1) is 8.82. The van der Waals surface area contributed by atoms with Gasteiger partial charge >= 0.3 is 1.43 Å². The van der Waals surface area contributed by atoms with Crippen LogP contribution in [0.3, 0.4) is 0 Å². The number of ether oxygens (including phenoxy) is 1. The molecule has 0 N–H and O–H groups in total. The van der Waals surface area contributed by atoms with Crippen LogP contribution >= 0.6 is 0 Å². The van der Waals surface area contributed by atoms with Crippen LogP contribution in [-0.2, 0) is 6.61 Å². The molecule has 0 saturated heterocycles. The fourth-order valence-electron chi connectivity index (χ4n) is 1.20. The number of benzene rings is 2.